The Morgan fingerprint density at radius 2 is 0.981 bits per heavy atom. The molecule has 28 nitrogen and oxygen atoms in total. The number of halogens is 2. The van der Waals surface area contributed by atoms with Gasteiger partial charge in [-0.1, -0.05) is 126 Å². The maximum Gasteiger partial charge on any atom is 0.411 e. The molecule has 0 radical (unpaired) electrons. The van der Waals surface area contributed by atoms with E-state index >= 15 is 0 Å². The summed E-state index contributed by atoms with van der Waals surface area (Å²) in [6.45, 7) is 13.3. The van der Waals surface area contributed by atoms with E-state index < -0.39 is 133 Å². The third-order valence-corrected chi connectivity index (χ3v) is 22.5. The van der Waals surface area contributed by atoms with Crippen molar-refractivity contribution in [2.45, 2.75) is 242 Å². The lowest BCUT2D eigenvalue weighted by Crippen LogP contribution is -2.57. The van der Waals surface area contributed by atoms with Crippen LogP contribution in [0, 0.1) is 23.5 Å². The SMILES string of the molecule is C=C[C@@H]1C[C@]1(NC(=O)[C@@H]1C[C@@H](OC(=O)N2Cc3cccc(F)c3C2)CN1)C(=O)NS(=O)(=O)N(C)CCCCCCCCCCCC(=O)O.C=C[C@@H]1C[C@]1(NC(=O)[C@@H]1C[C@@H](OC(=O)N2Cc3cccc(F)c3C2)CN1C(=O)OC(C)(C)C)C(=O)NS(=O)(=O)N(C)CCCCCCCCCCCC(=O)O. The van der Waals surface area contributed by atoms with Gasteiger partial charge in [-0.15, -0.1) is 13.2 Å². The van der Waals surface area contributed by atoms with Gasteiger partial charge < -0.3 is 40.4 Å². The maximum absolute atomic E-state index is 14.3. The third kappa shape index (κ3) is 23.6. The number of hydrogen-bond acceptors (Lipinski definition) is 17. The first-order valence-corrected chi connectivity index (χ1v) is 38.7. The standard InChI is InChI=1S/C38H56FN5O10S.C33H48FN5O8S/c1-6-27-22-38(27,34(48)41-55(51,52)42(5)20-15-13-11-9-7-8-10-12-14-19-32(45)46)40-33(47)31-21-28(24-44(31)36(50)54-37(2,3)4)53-35(49)43-23-26-17-16-18-30(39)29(26)25-43;1-3-24-19-33(24,31(43)37-48(45,46)38(2)17-12-10-8-6-4-5-7-9-11-16-29(40)41)36-30(42)28-18-25(20-35-28)47-32(44)39-21-23-14-13-15-27(34)26(23)22-39/h6,16-18,27-28,31H,1,7-15,19-25H2,2-5H3,(H,40,47)(H,41,48)(H,45,46);3,13-15,24-25,28,35H,1,4-12,16-22H2,2H3,(H,36,42)(H,37,43)(H,40,41)/t27-,28-,31+,38-;24-,25-,28+,33-/m11/s1. The minimum absolute atomic E-state index is 0.00580. The zero-order valence-electron chi connectivity index (χ0n) is 59.9. The molecule has 2 aromatic carbocycles. The number of carboxylic acids is 2. The van der Waals surface area contributed by atoms with Crippen molar-refractivity contribution in [1.82, 2.24) is 48.7 Å². The Morgan fingerprint density at radius 3 is 1.37 bits per heavy atom. The van der Waals surface area contributed by atoms with Crippen molar-refractivity contribution in [3.05, 3.63) is 95.6 Å². The first kappa shape index (κ1) is 82.5. The molecule has 103 heavy (non-hydrogen) atoms. The van der Waals surface area contributed by atoms with Crippen molar-refractivity contribution in [1.29, 1.82) is 0 Å². The van der Waals surface area contributed by atoms with Crippen LogP contribution in [-0.2, 0) is 89.6 Å². The molecule has 0 unspecified atom stereocenters. The van der Waals surface area contributed by atoms with E-state index in [1.807, 2.05) is 0 Å². The average Bonchev–Trinajstić information content (AvgIpc) is 1.58. The van der Waals surface area contributed by atoms with Gasteiger partial charge in [-0.3, -0.25) is 43.5 Å². The lowest BCUT2D eigenvalue weighted by atomic mass is 10.1. The molecule has 4 aliphatic heterocycles. The summed E-state index contributed by atoms with van der Waals surface area (Å²) in [4.78, 5) is 118. The summed E-state index contributed by atoms with van der Waals surface area (Å²) in [5, 5.41) is 25.8. The molecular formula is C71H104F2N10O18S2. The molecular weight excluding hydrogens is 1380 g/mol. The van der Waals surface area contributed by atoms with Crippen LogP contribution in [0.3, 0.4) is 0 Å². The van der Waals surface area contributed by atoms with Gasteiger partial charge in [0.2, 0.25) is 11.8 Å². The van der Waals surface area contributed by atoms with Crippen molar-refractivity contribution in [3.8, 4) is 0 Å². The van der Waals surface area contributed by atoms with Crippen LogP contribution in [-0.4, -0.2) is 185 Å². The zero-order chi connectivity index (χ0) is 75.5. The van der Waals surface area contributed by atoms with Gasteiger partial charge in [0, 0.05) is 95.5 Å². The van der Waals surface area contributed by atoms with Crippen LogP contribution in [0.5, 0.6) is 0 Å². The van der Waals surface area contributed by atoms with E-state index in [9.17, 15) is 68.8 Å². The smallest absolute Gasteiger partial charge is 0.411 e. The third-order valence-electron chi connectivity index (χ3n) is 19.6. The summed E-state index contributed by atoms with van der Waals surface area (Å²) in [5.74, 6) is -6.44. The number of carbonyl (C=O) groups is 9. The second-order valence-electron chi connectivity index (χ2n) is 28.7. The lowest BCUT2D eigenvalue weighted by molar-refractivity contribution is -0.138. The summed E-state index contributed by atoms with van der Waals surface area (Å²) in [5.41, 5.74) is -1.79. The van der Waals surface area contributed by atoms with Gasteiger partial charge >= 0.3 is 50.6 Å². The van der Waals surface area contributed by atoms with Crippen molar-refractivity contribution >= 4 is 74.3 Å². The fourth-order valence-corrected chi connectivity index (χ4v) is 15.2. The molecule has 2 aromatic rings. The largest absolute Gasteiger partial charge is 0.481 e. The number of ether oxygens (including phenoxy) is 3. The van der Waals surface area contributed by atoms with E-state index in [2.05, 4.69) is 38.6 Å². The van der Waals surface area contributed by atoms with Crippen LogP contribution in [0.15, 0.2) is 61.7 Å². The van der Waals surface area contributed by atoms with Crippen molar-refractivity contribution in [3.63, 3.8) is 0 Å². The Balaban J connectivity index is 0.000000291. The van der Waals surface area contributed by atoms with Crippen LogP contribution >= 0.6 is 0 Å². The molecule has 7 N–H and O–H groups in total. The predicted octanol–water partition coefficient (Wildman–Crippen LogP) is 8.34. The summed E-state index contributed by atoms with van der Waals surface area (Å²) < 4.78 is 104. The summed E-state index contributed by atoms with van der Waals surface area (Å²) in [6, 6.07) is 7.28. The fourth-order valence-electron chi connectivity index (χ4n) is 13.3. The number of fused-ring (bicyclic) bond motifs is 2. The first-order valence-electron chi connectivity index (χ1n) is 35.8. The molecule has 6 aliphatic rings. The number of carboxylic acid groups (broad SMARTS) is 2. The fraction of sp³-hybridized carbons (Fsp3) is 0.648. The summed E-state index contributed by atoms with van der Waals surface area (Å²) in [7, 11) is -5.65. The molecule has 2 saturated heterocycles. The Kier molecular flexibility index (Phi) is 29.8. The molecule has 32 heteroatoms. The Bertz CT molecular complexity index is 3620. The number of rotatable bonds is 38. The average molecular weight is 1490 g/mol. The molecule has 0 bridgehead atoms. The monoisotopic (exact) mass is 1490 g/mol. The highest BCUT2D eigenvalue weighted by Gasteiger charge is 2.63. The van der Waals surface area contributed by atoms with Crippen molar-refractivity contribution in [2.75, 3.05) is 40.3 Å². The van der Waals surface area contributed by atoms with Crippen molar-refractivity contribution in [2.24, 2.45) is 11.8 Å². The molecule has 7 amide bonds. The molecule has 4 fully saturated rings. The number of aliphatic carboxylic acids is 2. The molecule has 0 aromatic heterocycles. The second-order valence-corrected chi connectivity index (χ2v) is 32.3. The van der Waals surface area contributed by atoms with Gasteiger partial charge in [0.1, 0.15) is 46.6 Å². The van der Waals surface area contributed by atoms with E-state index in [1.54, 1.807) is 45.0 Å². The van der Waals surface area contributed by atoms with Gasteiger partial charge in [-0.05, 0) is 82.6 Å². The second kappa shape index (κ2) is 37.2. The van der Waals surface area contributed by atoms with Crippen LogP contribution < -0.4 is 25.4 Å². The number of hydrogen-bond donors (Lipinski definition) is 7. The number of amides is 7. The highest BCUT2D eigenvalue weighted by atomic mass is 32.2. The predicted molar refractivity (Wildman–Crippen MR) is 375 cm³/mol. The topological polar surface area (TPSA) is 366 Å². The van der Waals surface area contributed by atoms with Gasteiger partial charge in [0.25, 0.3) is 11.8 Å². The number of nitrogens with zero attached hydrogens (tertiary/aromatic N) is 5. The van der Waals surface area contributed by atoms with E-state index in [1.165, 1.54) is 48.2 Å². The van der Waals surface area contributed by atoms with Crippen LogP contribution in [0.1, 0.15) is 197 Å². The molecule has 8 atom stereocenters. The van der Waals surface area contributed by atoms with Gasteiger partial charge in [-0.25, -0.2) is 32.6 Å². The van der Waals surface area contributed by atoms with Gasteiger partial charge in [0.15, 0.2) is 0 Å². The number of carbonyl (C=O) groups excluding carboxylic acids is 7. The van der Waals surface area contributed by atoms with Crippen LogP contribution in [0.25, 0.3) is 0 Å². The van der Waals surface area contributed by atoms with Gasteiger partial charge in [0.05, 0.1) is 25.7 Å². The lowest BCUT2D eigenvalue weighted by Gasteiger charge is -2.29. The summed E-state index contributed by atoms with van der Waals surface area (Å²) >= 11 is 0. The molecule has 4 heterocycles. The minimum Gasteiger partial charge on any atom is -0.481 e. The number of likely N-dealkylation sites (tertiary alicyclic amines) is 1. The van der Waals surface area contributed by atoms with Gasteiger partial charge in [-0.2, -0.15) is 25.4 Å². The number of unbranched alkanes of at least 4 members (excludes halogenated alkanes) is 16. The maximum atomic E-state index is 14.3. The van der Waals surface area contributed by atoms with E-state index in [-0.39, 0.29) is 96.7 Å². The Morgan fingerprint density at radius 1 is 0.583 bits per heavy atom. The van der Waals surface area contributed by atoms with E-state index in [4.69, 9.17) is 24.4 Å². The highest BCUT2D eigenvalue weighted by Crippen LogP contribution is 2.46. The molecule has 2 aliphatic carbocycles. The quantitative estimate of drug-likeness (QED) is 0.0189. The molecule has 0 spiro atoms. The van der Waals surface area contributed by atoms with Crippen LogP contribution in [0.2, 0.25) is 0 Å². The molecule has 8 rings (SSSR count). The minimum atomic E-state index is -4.27. The summed E-state index contributed by atoms with van der Waals surface area (Å²) in [6.07, 6.45) is 15.9. The van der Waals surface area contributed by atoms with Crippen LogP contribution in [0.4, 0.5) is 23.2 Å². The first-order chi connectivity index (χ1) is 48.7. The zero-order valence-corrected chi connectivity index (χ0v) is 61.5. The molecule has 572 valence electrons. The number of nitrogens with one attached hydrogen (secondary N) is 5. The Hall–Kier alpha value is -7.81. The Labute approximate surface area is 603 Å². The van der Waals surface area contributed by atoms with E-state index in [0.29, 0.717) is 42.4 Å². The van der Waals surface area contributed by atoms with E-state index in [0.717, 1.165) is 109 Å². The van der Waals surface area contributed by atoms with Crippen molar-refractivity contribution < 1.29 is 93.2 Å². The number of benzene rings is 2. The molecule has 2 saturated carbocycles. The normalized spacial score (nSPS) is 22.4. The highest BCUT2D eigenvalue weighted by molar-refractivity contribution is 7.88.